The second-order valence-corrected chi connectivity index (χ2v) is 0. The van der Waals surface area contributed by atoms with Crippen LogP contribution >= 0.6 is 0 Å². The van der Waals surface area contributed by atoms with Gasteiger partial charge in [-0.1, -0.05) is 0 Å². The van der Waals surface area contributed by atoms with Crippen LogP contribution in [0.4, 0.5) is 0 Å². The first-order valence-corrected chi connectivity index (χ1v) is 1.34. The van der Waals surface area contributed by atoms with Crippen molar-refractivity contribution in [2.45, 2.75) is 0 Å². The monoisotopic (exact) mass is 418 g/mol. The molecule has 16 heavy (non-hydrogen) atoms. The van der Waals surface area contributed by atoms with E-state index in [1.54, 1.807) is 0 Å². The molecule has 0 aliphatic carbocycles. The summed E-state index contributed by atoms with van der Waals surface area (Å²) in [5, 5.41) is 37.5. The first-order valence-electron chi connectivity index (χ1n) is 1.34. The molecule has 0 aliphatic rings. The van der Waals surface area contributed by atoms with Gasteiger partial charge in [-0.05, 0) is 0 Å². The Balaban J connectivity index is -0.00000000321. The van der Waals surface area contributed by atoms with Crippen LogP contribution in [0, 0.1) is 71.0 Å². The Morgan fingerprint density at radius 1 is 0.375 bits per heavy atom. The van der Waals surface area contributed by atoms with Gasteiger partial charge in [0, 0.05) is 79.2 Å². The Morgan fingerprint density at radius 3 is 0.375 bits per heavy atom. The van der Waals surface area contributed by atoms with Crippen LogP contribution in [0.2, 0.25) is 0 Å². The zero-order valence-corrected chi connectivity index (χ0v) is 17.4. The van der Waals surface area contributed by atoms with Crippen LogP contribution in [0.15, 0.2) is 0 Å². The molecule has 0 atom stereocenters. The molecule has 10 heteroatoms. The van der Waals surface area contributed by atoms with Gasteiger partial charge in [-0.15, -0.1) is 0 Å². The summed E-state index contributed by atoms with van der Waals surface area (Å²) in [4.78, 5) is 0. The number of hydrogen-bond donors (Lipinski definition) is 0. The van der Waals surface area contributed by atoms with E-state index >= 15 is 0 Å². The van der Waals surface area contributed by atoms with Gasteiger partial charge in [0.1, 0.15) is 0 Å². The summed E-state index contributed by atoms with van der Waals surface area (Å²) < 4.78 is 0. The summed E-state index contributed by atoms with van der Waals surface area (Å²) in [6.07, 6.45) is 0. The summed E-state index contributed by atoms with van der Waals surface area (Å²) in [5.74, 6) is 0. The molecule has 0 aromatic heterocycles. The molecule has 0 bridgehead atoms. The molecular weight excluding hydrogens is 417 g/mol. The Kier molecular flexibility index (Phi) is 55400. The van der Waals surface area contributed by atoms with Crippen molar-refractivity contribution in [3.05, 3.63) is 39.4 Å². The predicted molar refractivity (Wildman–Crippen MR) is 41.3 cm³/mol. The summed E-state index contributed by atoms with van der Waals surface area (Å²) >= 11 is 0. The predicted octanol–water partition coefficient (Wildman–Crippen LogP) is -3.18. The van der Waals surface area contributed by atoms with Crippen LogP contribution in [-0.2, 0) is 20.1 Å². The summed E-state index contributed by atoms with van der Waals surface area (Å²) in [6.45, 7) is 28.5. The van der Waals surface area contributed by atoms with E-state index in [2.05, 4.69) is 0 Å². The van der Waals surface area contributed by atoms with Crippen LogP contribution in [-0.4, -0.2) is 59.1 Å². The third kappa shape index (κ3) is 7760. The van der Waals surface area contributed by atoms with Gasteiger partial charge in [0.15, 0.2) is 0 Å². The topological polar surface area (TPSA) is 143 Å². The quantitative estimate of drug-likeness (QED) is 0.300. The van der Waals surface area contributed by atoms with E-state index in [4.69, 9.17) is 71.0 Å². The molecule has 71 valence electrons. The molecule has 0 amide bonds. The van der Waals surface area contributed by atoms with E-state index in [1.165, 1.54) is 0 Å². The summed E-state index contributed by atoms with van der Waals surface area (Å²) in [7, 11) is 0. The van der Waals surface area contributed by atoms with Gasteiger partial charge < -0.3 is 71.0 Å². The van der Waals surface area contributed by atoms with Crippen molar-refractivity contribution in [1.29, 1.82) is 31.6 Å². The molecule has 0 spiro atoms. The van der Waals surface area contributed by atoms with Crippen molar-refractivity contribution in [3.63, 3.8) is 0 Å². The maximum atomic E-state index is 6.25. The van der Waals surface area contributed by atoms with E-state index < -0.39 is 0 Å². The number of rotatable bonds is 0. The molecule has 0 N–H and O–H groups in total. The minimum atomic E-state index is 0. The van der Waals surface area contributed by atoms with Crippen LogP contribution in [0.1, 0.15) is 0 Å². The Morgan fingerprint density at radius 2 is 0.375 bits per heavy atom. The van der Waals surface area contributed by atoms with Crippen molar-refractivity contribution in [2.24, 2.45) is 0 Å². The van der Waals surface area contributed by atoms with Crippen LogP contribution in [0.25, 0.3) is 0 Å². The average Bonchev–Trinajstić information content (AvgIpc) is 2.33. The third-order valence-corrected chi connectivity index (χ3v) is 0. The SMILES string of the molecule is [C-]#N.[C-]#N.[C-]#N.[C-]#N.[C-]#N.[C-]#N.[Ir].[Na+].[Na].[Na]. The summed E-state index contributed by atoms with van der Waals surface area (Å²) in [5.41, 5.74) is 0. The average molecular weight is 417 g/mol. The maximum Gasteiger partial charge on any atom is 1.00 e. The fourth-order valence-corrected chi connectivity index (χ4v) is 0. The Labute approximate surface area is 177 Å². The number of hydrogen-bond acceptors (Lipinski definition) is 6. The molecule has 0 unspecified atom stereocenters. The molecule has 0 heterocycles. The second-order valence-electron chi connectivity index (χ2n) is 0. The number of nitrogens with zero attached hydrogens (tertiary/aromatic N) is 6. The van der Waals surface area contributed by atoms with Gasteiger partial charge in [-0.2, -0.15) is 0 Å². The zero-order chi connectivity index (χ0) is 12.0. The molecule has 6 nitrogen and oxygen atoms in total. The van der Waals surface area contributed by atoms with E-state index in [-0.39, 0.29) is 109 Å². The molecule has 0 aliphatic heterocycles. The van der Waals surface area contributed by atoms with Gasteiger partial charge >= 0.3 is 29.6 Å². The Bertz CT molecular complexity index is 103. The smallest absolute Gasteiger partial charge is 0.512 e. The first kappa shape index (κ1) is 92.9. The van der Waals surface area contributed by atoms with E-state index in [0.29, 0.717) is 0 Å². The van der Waals surface area contributed by atoms with Crippen molar-refractivity contribution in [1.82, 2.24) is 0 Å². The summed E-state index contributed by atoms with van der Waals surface area (Å²) in [6, 6.07) is 0. The zero-order valence-electron chi connectivity index (χ0n) is 9.02. The molecule has 3 radical (unpaired) electrons. The first-order chi connectivity index (χ1) is 6.00. The molecule has 0 aromatic rings. The van der Waals surface area contributed by atoms with E-state index in [0.717, 1.165) is 0 Å². The van der Waals surface area contributed by atoms with Crippen LogP contribution < -0.4 is 29.6 Å². The molecular formula is C6IrN6Na3-5. The van der Waals surface area contributed by atoms with Crippen molar-refractivity contribution >= 4 is 59.1 Å². The van der Waals surface area contributed by atoms with Crippen LogP contribution in [0.5, 0.6) is 0 Å². The normalized spacial score (nSPS) is 0.750. The minimum absolute atomic E-state index is 0. The fraction of sp³-hybridized carbons (Fsp3) is 0. The van der Waals surface area contributed by atoms with Crippen LogP contribution in [0.3, 0.4) is 0 Å². The van der Waals surface area contributed by atoms with Crippen molar-refractivity contribution in [3.8, 4) is 0 Å². The largest absolute Gasteiger partial charge is 1.00 e. The molecule has 0 fully saturated rings. The van der Waals surface area contributed by atoms with Gasteiger partial charge in [0.25, 0.3) is 0 Å². The van der Waals surface area contributed by atoms with E-state index in [9.17, 15) is 0 Å². The Hall–Kier alpha value is 0.589. The van der Waals surface area contributed by atoms with Gasteiger partial charge in [-0.3, -0.25) is 0 Å². The molecule has 0 saturated heterocycles. The van der Waals surface area contributed by atoms with Crippen molar-refractivity contribution in [2.75, 3.05) is 0 Å². The fourth-order valence-electron chi connectivity index (χ4n) is 0. The second kappa shape index (κ2) is 9550. The van der Waals surface area contributed by atoms with Crippen molar-refractivity contribution < 1.29 is 49.7 Å². The van der Waals surface area contributed by atoms with Gasteiger partial charge in [-0.25, -0.2) is 0 Å². The molecule has 0 rings (SSSR count). The minimum Gasteiger partial charge on any atom is -0.512 e. The third-order valence-electron chi connectivity index (χ3n) is 0. The standard InChI is InChI=1S/6CN.Ir.3Na/c6*1-2;;;;/q6*-1;;;;+1. The maximum absolute atomic E-state index is 6.25. The molecule has 0 aromatic carbocycles. The van der Waals surface area contributed by atoms with E-state index in [1.807, 2.05) is 0 Å². The van der Waals surface area contributed by atoms with Gasteiger partial charge in [0.05, 0.1) is 0 Å². The van der Waals surface area contributed by atoms with Gasteiger partial charge in [0.2, 0.25) is 0 Å². The molecule has 0 saturated carbocycles.